The second-order valence-electron chi connectivity index (χ2n) is 2.72. The smallest absolute Gasteiger partial charge is 0.0555 e. The van der Waals surface area contributed by atoms with E-state index in [0.717, 1.165) is 19.6 Å². The van der Waals surface area contributed by atoms with Gasteiger partial charge in [-0.3, -0.25) is 0 Å². The molecule has 1 heterocycles. The maximum absolute atomic E-state index is 8.46. The molecule has 60 valence electrons. The van der Waals surface area contributed by atoms with Crippen LogP contribution in [-0.4, -0.2) is 37.4 Å². The van der Waals surface area contributed by atoms with Crippen LogP contribution < -0.4 is 10.6 Å². The van der Waals surface area contributed by atoms with E-state index in [-0.39, 0.29) is 6.61 Å². The maximum atomic E-state index is 8.46. The van der Waals surface area contributed by atoms with Crippen LogP contribution in [0, 0.1) is 0 Å². The summed E-state index contributed by atoms with van der Waals surface area (Å²) in [5.74, 6) is 0. The minimum absolute atomic E-state index is 0.243. The first-order chi connectivity index (χ1) is 4.93. The third-order valence-electron chi connectivity index (χ3n) is 1.84. The quantitative estimate of drug-likeness (QED) is 0.458. The molecule has 0 unspecified atom stereocenters. The summed E-state index contributed by atoms with van der Waals surface area (Å²) >= 11 is 0. The molecule has 0 aromatic rings. The highest BCUT2D eigenvalue weighted by atomic mass is 16.3. The molecular weight excluding hydrogens is 128 g/mol. The van der Waals surface area contributed by atoms with Crippen LogP contribution in [0.4, 0.5) is 0 Å². The van der Waals surface area contributed by atoms with Crippen LogP contribution in [0.5, 0.6) is 0 Å². The lowest BCUT2D eigenvalue weighted by Crippen LogP contribution is -2.35. The highest BCUT2D eigenvalue weighted by molar-refractivity contribution is 4.75. The van der Waals surface area contributed by atoms with Gasteiger partial charge in [-0.05, 0) is 19.4 Å². The van der Waals surface area contributed by atoms with E-state index in [4.69, 9.17) is 5.11 Å². The number of nitrogens with one attached hydrogen (secondary N) is 2. The molecule has 1 fully saturated rings. The van der Waals surface area contributed by atoms with E-state index in [9.17, 15) is 0 Å². The molecule has 1 saturated heterocycles. The van der Waals surface area contributed by atoms with E-state index >= 15 is 0 Å². The number of aliphatic hydroxyl groups is 1. The SMILES string of the molecule is OCCNC[C@@H]1CCCN1. The van der Waals surface area contributed by atoms with Gasteiger partial charge in [-0.15, -0.1) is 0 Å². The van der Waals surface area contributed by atoms with Gasteiger partial charge in [-0.2, -0.15) is 0 Å². The first kappa shape index (κ1) is 7.98. The Morgan fingerprint density at radius 1 is 1.60 bits per heavy atom. The summed E-state index contributed by atoms with van der Waals surface area (Å²) in [5.41, 5.74) is 0. The Kier molecular flexibility index (Phi) is 3.72. The average molecular weight is 144 g/mol. The standard InChI is InChI=1S/C7H16N2O/c10-5-4-8-6-7-2-1-3-9-7/h7-10H,1-6H2/t7-/m0/s1. The van der Waals surface area contributed by atoms with E-state index in [1.807, 2.05) is 0 Å². The van der Waals surface area contributed by atoms with Crippen molar-refractivity contribution in [2.45, 2.75) is 18.9 Å². The third-order valence-corrected chi connectivity index (χ3v) is 1.84. The lowest BCUT2D eigenvalue weighted by atomic mass is 10.2. The topological polar surface area (TPSA) is 44.3 Å². The van der Waals surface area contributed by atoms with Crippen molar-refractivity contribution in [3.63, 3.8) is 0 Å². The van der Waals surface area contributed by atoms with Crippen molar-refractivity contribution in [1.82, 2.24) is 10.6 Å². The molecule has 3 nitrogen and oxygen atoms in total. The molecule has 1 aliphatic heterocycles. The van der Waals surface area contributed by atoms with E-state index in [1.165, 1.54) is 12.8 Å². The molecule has 0 spiro atoms. The fourth-order valence-corrected chi connectivity index (χ4v) is 1.29. The Hall–Kier alpha value is -0.120. The molecule has 0 amide bonds. The van der Waals surface area contributed by atoms with Crippen LogP contribution in [0.25, 0.3) is 0 Å². The molecule has 1 aliphatic rings. The first-order valence-corrected chi connectivity index (χ1v) is 3.98. The number of rotatable bonds is 4. The summed E-state index contributed by atoms with van der Waals surface area (Å²) in [6, 6.07) is 0.645. The number of aliphatic hydroxyl groups excluding tert-OH is 1. The van der Waals surface area contributed by atoms with E-state index in [0.29, 0.717) is 6.04 Å². The van der Waals surface area contributed by atoms with Gasteiger partial charge < -0.3 is 15.7 Å². The molecule has 0 radical (unpaired) electrons. The zero-order valence-corrected chi connectivity index (χ0v) is 6.27. The van der Waals surface area contributed by atoms with Gasteiger partial charge in [0.15, 0.2) is 0 Å². The molecule has 0 aromatic carbocycles. The fourth-order valence-electron chi connectivity index (χ4n) is 1.29. The van der Waals surface area contributed by atoms with Crippen LogP contribution in [0.1, 0.15) is 12.8 Å². The van der Waals surface area contributed by atoms with Crippen molar-refractivity contribution in [3.05, 3.63) is 0 Å². The summed E-state index contributed by atoms with van der Waals surface area (Å²) in [6.07, 6.45) is 2.57. The Morgan fingerprint density at radius 3 is 3.10 bits per heavy atom. The van der Waals surface area contributed by atoms with Crippen molar-refractivity contribution >= 4 is 0 Å². The van der Waals surface area contributed by atoms with Crippen LogP contribution in [-0.2, 0) is 0 Å². The molecule has 0 aliphatic carbocycles. The molecule has 0 saturated carbocycles. The maximum Gasteiger partial charge on any atom is 0.0555 e. The summed E-state index contributed by atoms with van der Waals surface area (Å²) in [7, 11) is 0. The summed E-state index contributed by atoms with van der Waals surface area (Å²) in [4.78, 5) is 0. The predicted molar refractivity (Wildman–Crippen MR) is 41.0 cm³/mol. The molecule has 1 atom stereocenters. The van der Waals surface area contributed by atoms with Gasteiger partial charge in [0.1, 0.15) is 0 Å². The molecule has 1 rings (SSSR count). The van der Waals surface area contributed by atoms with Crippen LogP contribution in [0.3, 0.4) is 0 Å². The van der Waals surface area contributed by atoms with Crippen LogP contribution in [0.15, 0.2) is 0 Å². The van der Waals surface area contributed by atoms with Gasteiger partial charge >= 0.3 is 0 Å². The number of hydrogen-bond donors (Lipinski definition) is 3. The Bertz CT molecular complexity index is 81.7. The molecule has 0 aromatic heterocycles. The number of hydrogen-bond acceptors (Lipinski definition) is 3. The van der Waals surface area contributed by atoms with Gasteiger partial charge in [-0.1, -0.05) is 0 Å². The summed E-state index contributed by atoms with van der Waals surface area (Å²) in [5, 5.41) is 15.0. The zero-order valence-electron chi connectivity index (χ0n) is 6.27. The second-order valence-corrected chi connectivity index (χ2v) is 2.72. The normalized spacial score (nSPS) is 25.5. The molecule has 0 bridgehead atoms. The molecule has 10 heavy (non-hydrogen) atoms. The van der Waals surface area contributed by atoms with Crippen molar-refractivity contribution in [1.29, 1.82) is 0 Å². The van der Waals surface area contributed by atoms with Crippen molar-refractivity contribution in [2.75, 3.05) is 26.2 Å². The fraction of sp³-hybridized carbons (Fsp3) is 1.00. The van der Waals surface area contributed by atoms with Gasteiger partial charge in [-0.25, -0.2) is 0 Å². The minimum atomic E-state index is 0.243. The van der Waals surface area contributed by atoms with Gasteiger partial charge in [0.25, 0.3) is 0 Å². The van der Waals surface area contributed by atoms with Crippen molar-refractivity contribution < 1.29 is 5.11 Å². The van der Waals surface area contributed by atoms with E-state index in [1.54, 1.807) is 0 Å². The Morgan fingerprint density at radius 2 is 2.50 bits per heavy atom. The highest BCUT2D eigenvalue weighted by Gasteiger charge is 2.11. The van der Waals surface area contributed by atoms with E-state index < -0.39 is 0 Å². The Labute approximate surface area is 61.8 Å². The summed E-state index contributed by atoms with van der Waals surface area (Å²) in [6.45, 7) is 3.12. The Balaban J connectivity index is 1.91. The van der Waals surface area contributed by atoms with Crippen LogP contribution in [0.2, 0.25) is 0 Å². The van der Waals surface area contributed by atoms with Gasteiger partial charge in [0.2, 0.25) is 0 Å². The molecule has 3 heteroatoms. The van der Waals surface area contributed by atoms with Gasteiger partial charge in [0.05, 0.1) is 6.61 Å². The average Bonchev–Trinajstić information content (AvgIpc) is 2.41. The van der Waals surface area contributed by atoms with Crippen molar-refractivity contribution in [3.8, 4) is 0 Å². The largest absolute Gasteiger partial charge is 0.395 e. The summed E-state index contributed by atoms with van der Waals surface area (Å²) < 4.78 is 0. The van der Waals surface area contributed by atoms with E-state index in [2.05, 4.69) is 10.6 Å². The first-order valence-electron chi connectivity index (χ1n) is 3.98. The lowest BCUT2D eigenvalue weighted by Gasteiger charge is -2.09. The zero-order chi connectivity index (χ0) is 7.23. The molecular formula is C7H16N2O. The van der Waals surface area contributed by atoms with Gasteiger partial charge in [0, 0.05) is 19.1 Å². The minimum Gasteiger partial charge on any atom is -0.395 e. The third kappa shape index (κ3) is 2.64. The van der Waals surface area contributed by atoms with Crippen LogP contribution >= 0.6 is 0 Å². The van der Waals surface area contributed by atoms with Crippen molar-refractivity contribution in [2.24, 2.45) is 0 Å². The predicted octanol–water partition coefficient (Wildman–Crippen LogP) is -0.680. The highest BCUT2D eigenvalue weighted by Crippen LogP contribution is 2.02. The molecule has 3 N–H and O–H groups in total. The second kappa shape index (κ2) is 4.66. The lowest BCUT2D eigenvalue weighted by molar-refractivity contribution is 0.290. The monoisotopic (exact) mass is 144 g/mol.